The van der Waals surface area contributed by atoms with E-state index >= 15 is 0 Å². The maximum atomic E-state index is 11.7. The van der Waals surface area contributed by atoms with Gasteiger partial charge in [0.2, 0.25) is 5.91 Å². The number of nitrogens with zero attached hydrogens (tertiary/aromatic N) is 1. The Balaban J connectivity index is 2.50. The molecule has 15 heavy (non-hydrogen) atoms. The summed E-state index contributed by atoms with van der Waals surface area (Å²) >= 11 is 0. The van der Waals surface area contributed by atoms with E-state index in [9.17, 15) is 9.59 Å². The van der Waals surface area contributed by atoms with Gasteiger partial charge in [-0.3, -0.25) is 4.79 Å². The van der Waals surface area contributed by atoms with E-state index in [1.165, 1.54) is 6.42 Å². The summed E-state index contributed by atoms with van der Waals surface area (Å²) in [6.45, 7) is 4.75. The summed E-state index contributed by atoms with van der Waals surface area (Å²) in [5, 5.41) is 2.64. The van der Waals surface area contributed by atoms with E-state index in [1.807, 2.05) is 0 Å². The molecule has 5 nitrogen and oxygen atoms in total. The average molecular weight is 213 g/mol. The summed E-state index contributed by atoms with van der Waals surface area (Å²) in [6, 6.07) is -0.196. The highest BCUT2D eigenvalue weighted by atomic mass is 16.2. The Morgan fingerprint density at radius 1 is 1.20 bits per heavy atom. The molecule has 3 amide bonds. The standard InChI is InChI=1S/C10H19N3O2/c1-10(2,8(11)14)12-9(15)13-6-4-3-5-7-13/h3-7H2,1-2H3,(H2,11,14)(H,12,15). The monoisotopic (exact) mass is 213 g/mol. The van der Waals surface area contributed by atoms with Crippen molar-refractivity contribution in [1.29, 1.82) is 0 Å². The fourth-order valence-corrected chi connectivity index (χ4v) is 1.50. The summed E-state index contributed by atoms with van der Waals surface area (Å²) in [4.78, 5) is 24.5. The van der Waals surface area contributed by atoms with Crippen molar-refractivity contribution in [2.24, 2.45) is 5.73 Å². The first-order valence-electron chi connectivity index (χ1n) is 5.30. The number of primary amides is 1. The van der Waals surface area contributed by atoms with Crippen molar-refractivity contribution >= 4 is 11.9 Å². The summed E-state index contributed by atoms with van der Waals surface area (Å²) in [5.74, 6) is -0.521. The quantitative estimate of drug-likeness (QED) is 0.698. The molecule has 0 spiro atoms. The number of hydrogen-bond acceptors (Lipinski definition) is 2. The summed E-state index contributed by atoms with van der Waals surface area (Å²) in [5.41, 5.74) is 4.20. The van der Waals surface area contributed by atoms with Crippen molar-refractivity contribution in [3.63, 3.8) is 0 Å². The molecule has 0 aliphatic carbocycles. The summed E-state index contributed by atoms with van der Waals surface area (Å²) in [6.07, 6.45) is 3.23. The lowest BCUT2D eigenvalue weighted by Crippen LogP contribution is -2.57. The molecule has 1 saturated heterocycles. The number of likely N-dealkylation sites (tertiary alicyclic amines) is 1. The van der Waals surface area contributed by atoms with Crippen molar-refractivity contribution in [3.8, 4) is 0 Å². The molecule has 1 aliphatic heterocycles. The van der Waals surface area contributed by atoms with Crippen LogP contribution in [-0.4, -0.2) is 35.5 Å². The zero-order chi connectivity index (χ0) is 11.5. The SMILES string of the molecule is CC(C)(NC(=O)N1CCCCC1)C(N)=O. The van der Waals surface area contributed by atoms with E-state index < -0.39 is 11.4 Å². The normalized spacial score (nSPS) is 17.3. The van der Waals surface area contributed by atoms with Gasteiger partial charge < -0.3 is 16.0 Å². The Hall–Kier alpha value is -1.26. The Morgan fingerprint density at radius 3 is 2.20 bits per heavy atom. The van der Waals surface area contributed by atoms with Crippen LogP contribution in [0.3, 0.4) is 0 Å². The van der Waals surface area contributed by atoms with Gasteiger partial charge in [-0.05, 0) is 33.1 Å². The van der Waals surface area contributed by atoms with Crippen LogP contribution in [0.1, 0.15) is 33.1 Å². The second-order valence-electron chi connectivity index (χ2n) is 4.47. The van der Waals surface area contributed by atoms with E-state index in [4.69, 9.17) is 5.73 Å². The molecule has 1 heterocycles. The smallest absolute Gasteiger partial charge is 0.318 e. The van der Waals surface area contributed by atoms with Crippen molar-refractivity contribution in [3.05, 3.63) is 0 Å². The van der Waals surface area contributed by atoms with Crippen LogP contribution in [0.25, 0.3) is 0 Å². The topological polar surface area (TPSA) is 75.4 Å². The minimum absolute atomic E-state index is 0.196. The van der Waals surface area contributed by atoms with Gasteiger partial charge in [-0.2, -0.15) is 0 Å². The highest BCUT2D eigenvalue weighted by Crippen LogP contribution is 2.10. The number of rotatable bonds is 2. The first-order valence-corrected chi connectivity index (χ1v) is 5.30. The molecule has 1 aliphatic rings. The lowest BCUT2D eigenvalue weighted by molar-refractivity contribution is -0.122. The zero-order valence-corrected chi connectivity index (χ0v) is 9.38. The van der Waals surface area contributed by atoms with Crippen molar-refractivity contribution in [1.82, 2.24) is 10.2 Å². The lowest BCUT2D eigenvalue weighted by Gasteiger charge is -2.31. The number of amides is 3. The molecule has 0 radical (unpaired) electrons. The third-order valence-corrected chi connectivity index (χ3v) is 2.68. The van der Waals surface area contributed by atoms with E-state index in [2.05, 4.69) is 5.32 Å². The van der Waals surface area contributed by atoms with Gasteiger partial charge in [0.25, 0.3) is 0 Å². The highest BCUT2D eigenvalue weighted by Gasteiger charge is 2.29. The van der Waals surface area contributed by atoms with Gasteiger partial charge in [0, 0.05) is 13.1 Å². The molecule has 0 saturated carbocycles. The van der Waals surface area contributed by atoms with Crippen molar-refractivity contribution in [2.75, 3.05) is 13.1 Å². The average Bonchev–Trinajstić information content (AvgIpc) is 2.18. The van der Waals surface area contributed by atoms with Gasteiger partial charge >= 0.3 is 6.03 Å². The molecule has 86 valence electrons. The van der Waals surface area contributed by atoms with Gasteiger partial charge in [-0.1, -0.05) is 0 Å². The van der Waals surface area contributed by atoms with E-state index in [1.54, 1.807) is 18.7 Å². The predicted octanol–water partition coefficient (Wildman–Crippen LogP) is 0.446. The van der Waals surface area contributed by atoms with Crippen LogP contribution >= 0.6 is 0 Å². The molecular weight excluding hydrogens is 194 g/mol. The van der Waals surface area contributed by atoms with Gasteiger partial charge in [-0.25, -0.2) is 4.79 Å². The molecule has 1 rings (SSSR count). The Labute approximate surface area is 90.0 Å². The fourth-order valence-electron chi connectivity index (χ4n) is 1.50. The van der Waals surface area contributed by atoms with Crippen LogP contribution in [0, 0.1) is 0 Å². The van der Waals surface area contributed by atoms with E-state index in [0.717, 1.165) is 25.9 Å². The number of nitrogens with one attached hydrogen (secondary N) is 1. The van der Waals surface area contributed by atoms with Crippen LogP contribution in [0.4, 0.5) is 4.79 Å². The minimum Gasteiger partial charge on any atom is -0.368 e. The van der Waals surface area contributed by atoms with Crippen LogP contribution < -0.4 is 11.1 Å². The van der Waals surface area contributed by atoms with E-state index in [0.29, 0.717) is 0 Å². The number of carbonyl (C=O) groups excluding carboxylic acids is 2. The molecular formula is C10H19N3O2. The van der Waals surface area contributed by atoms with Gasteiger partial charge in [-0.15, -0.1) is 0 Å². The Kier molecular flexibility index (Phi) is 3.55. The Bertz CT molecular complexity index is 257. The van der Waals surface area contributed by atoms with Crippen LogP contribution in [0.15, 0.2) is 0 Å². The molecule has 0 bridgehead atoms. The molecule has 0 aromatic carbocycles. The second-order valence-corrected chi connectivity index (χ2v) is 4.47. The number of nitrogens with two attached hydrogens (primary N) is 1. The predicted molar refractivity (Wildman–Crippen MR) is 57.2 cm³/mol. The number of carbonyl (C=O) groups is 2. The van der Waals surface area contributed by atoms with Gasteiger partial charge in [0.1, 0.15) is 5.54 Å². The third-order valence-electron chi connectivity index (χ3n) is 2.68. The number of hydrogen-bond donors (Lipinski definition) is 2. The molecule has 0 aromatic rings. The number of urea groups is 1. The fraction of sp³-hybridized carbons (Fsp3) is 0.800. The first-order chi connectivity index (χ1) is 6.93. The Morgan fingerprint density at radius 2 is 1.73 bits per heavy atom. The largest absolute Gasteiger partial charge is 0.368 e. The molecule has 0 unspecified atom stereocenters. The summed E-state index contributed by atoms with van der Waals surface area (Å²) < 4.78 is 0. The maximum absolute atomic E-state index is 11.7. The van der Waals surface area contributed by atoms with Crippen molar-refractivity contribution in [2.45, 2.75) is 38.6 Å². The van der Waals surface area contributed by atoms with Crippen LogP contribution in [0.5, 0.6) is 0 Å². The zero-order valence-electron chi connectivity index (χ0n) is 9.38. The first kappa shape index (κ1) is 11.8. The maximum Gasteiger partial charge on any atom is 0.318 e. The molecule has 5 heteroatoms. The van der Waals surface area contributed by atoms with Crippen molar-refractivity contribution < 1.29 is 9.59 Å². The lowest BCUT2D eigenvalue weighted by atomic mass is 10.1. The summed E-state index contributed by atoms with van der Waals surface area (Å²) in [7, 11) is 0. The number of piperidine rings is 1. The molecule has 0 atom stereocenters. The van der Waals surface area contributed by atoms with Crippen LogP contribution in [0.2, 0.25) is 0 Å². The van der Waals surface area contributed by atoms with Crippen LogP contribution in [-0.2, 0) is 4.79 Å². The molecule has 1 fully saturated rings. The third kappa shape index (κ3) is 3.11. The second kappa shape index (κ2) is 4.51. The molecule has 0 aromatic heterocycles. The minimum atomic E-state index is -0.978. The van der Waals surface area contributed by atoms with E-state index in [-0.39, 0.29) is 6.03 Å². The van der Waals surface area contributed by atoms with Gasteiger partial charge in [0.15, 0.2) is 0 Å². The molecule has 3 N–H and O–H groups in total. The van der Waals surface area contributed by atoms with Gasteiger partial charge in [0.05, 0.1) is 0 Å². The highest BCUT2D eigenvalue weighted by molar-refractivity contribution is 5.89.